The van der Waals surface area contributed by atoms with Crippen molar-refractivity contribution in [1.29, 1.82) is 0 Å². The Hall–Kier alpha value is 0.310. The van der Waals surface area contributed by atoms with Crippen LogP contribution in [0.15, 0.2) is 0 Å². The van der Waals surface area contributed by atoms with Gasteiger partial charge in [-0.15, -0.1) is 0 Å². The number of rotatable bonds is 4. The summed E-state index contributed by atoms with van der Waals surface area (Å²) in [6.45, 7) is 5.51. The third-order valence-electron chi connectivity index (χ3n) is 4.15. The topological polar surface area (TPSA) is 26.0 Å². The molecule has 2 fully saturated rings. The zero-order chi connectivity index (χ0) is 10.9. The maximum absolute atomic E-state index is 5.99. The van der Waals surface area contributed by atoms with Crippen molar-refractivity contribution in [2.45, 2.75) is 57.1 Å². The van der Waals surface area contributed by atoms with Gasteiger partial charge < -0.3 is 5.73 Å². The Morgan fingerprint density at radius 2 is 1.80 bits per heavy atom. The van der Waals surface area contributed by atoms with Crippen LogP contribution in [0.5, 0.6) is 0 Å². The van der Waals surface area contributed by atoms with Gasteiger partial charge in [0.15, 0.2) is 0 Å². The molecule has 0 aromatic rings. The number of thioether (sulfide) groups is 1. The van der Waals surface area contributed by atoms with Gasteiger partial charge in [-0.25, -0.2) is 0 Å². The highest BCUT2D eigenvalue weighted by Crippen LogP contribution is 2.62. The molecular formula is C13H25NS. The van der Waals surface area contributed by atoms with Crippen LogP contribution in [0.2, 0.25) is 0 Å². The molecular weight excluding hydrogens is 202 g/mol. The van der Waals surface area contributed by atoms with Gasteiger partial charge >= 0.3 is 0 Å². The van der Waals surface area contributed by atoms with Crippen LogP contribution in [0, 0.1) is 11.3 Å². The van der Waals surface area contributed by atoms with Gasteiger partial charge in [0.25, 0.3) is 0 Å². The van der Waals surface area contributed by atoms with Crippen molar-refractivity contribution in [2.75, 3.05) is 12.3 Å². The molecule has 0 saturated heterocycles. The summed E-state index contributed by atoms with van der Waals surface area (Å²) < 4.78 is 0.467. The van der Waals surface area contributed by atoms with Crippen molar-refractivity contribution in [3.63, 3.8) is 0 Å². The van der Waals surface area contributed by atoms with Gasteiger partial charge in [-0.3, -0.25) is 0 Å². The zero-order valence-electron chi connectivity index (χ0n) is 10.2. The Bertz CT molecular complexity index is 211. The molecule has 0 bridgehead atoms. The van der Waals surface area contributed by atoms with E-state index in [1.807, 2.05) is 0 Å². The maximum atomic E-state index is 5.99. The van der Waals surface area contributed by atoms with E-state index < -0.39 is 0 Å². The molecule has 0 aliphatic heterocycles. The van der Waals surface area contributed by atoms with Gasteiger partial charge in [0.1, 0.15) is 0 Å². The Kier molecular flexibility index (Phi) is 3.37. The normalized spacial score (nSPS) is 27.2. The zero-order valence-corrected chi connectivity index (χ0v) is 11.0. The molecule has 0 aromatic heterocycles. The molecule has 0 aromatic carbocycles. The average Bonchev–Trinajstić information content (AvgIpc) is 2.61. The lowest BCUT2D eigenvalue weighted by molar-refractivity contribution is 0.0934. The van der Waals surface area contributed by atoms with Crippen LogP contribution < -0.4 is 5.73 Å². The first-order valence-electron chi connectivity index (χ1n) is 6.44. The second-order valence-electron chi connectivity index (χ2n) is 6.15. The molecule has 1 spiro atoms. The van der Waals surface area contributed by atoms with E-state index in [9.17, 15) is 0 Å². The van der Waals surface area contributed by atoms with Gasteiger partial charge in [-0.2, -0.15) is 11.8 Å². The largest absolute Gasteiger partial charge is 0.329 e. The molecule has 0 atom stereocenters. The van der Waals surface area contributed by atoms with Crippen LogP contribution in [0.1, 0.15) is 52.4 Å². The fourth-order valence-corrected chi connectivity index (χ4v) is 5.06. The van der Waals surface area contributed by atoms with E-state index in [2.05, 4.69) is 25.6 Å². The highest BCUT2D eigenvalue weighted by molar-refractivity contribution is 8.00. The maximum Gasteiger partial charge on any atom is 0.0292 e. The molecule has 15 heavy (non-hydrogen) atoms. The van der Waals surface area contributed by atoms with Gasteiger partial charge in [-0.1, -0.05) is 26.7 Å². The van der Waals surface area contributed by atoms with E-state index in [1.165, 1.54) is 44.3 Å². The van der Waals surface area contributed by atoms with Crippen LogP contribution in [-0.4, -0.2) is 17.0 Å². The summed E-state index contributed by atoms with van der Waals surface area (Å²) in [7, 11) is 0. The van der Waals surface area contributed by atoms with Crippen LogP contribution in [0.25, 0.3) is 0 Å². The lowest BCUT2D eigenvalue weighted by Gasteiger charge is -2.54. The van der Waals surface area contributed by atoms with Crippen molar-refractivity contribution >= 4 is 11.8 Å². The molecule has 2 aliphatic carbocycles. The van der Waals surface area contributed by atoms with E-state index >= 15 is 0 Å². The second kappa shape index (κ2) is 4.29. The first-order valence-corrected chi connectivity index (χ1v) is 7.42. The molecule has 0 heterocycles. The van der Waals surface area contributed by atoms with Gasteiger partial charge in [0.05, 0.1) is 0 Å². The summed E-state index contributed by atoms with van der Waals surface area (Å²) in [6.07, 6.45) is 8.72. The minimum Gasteiger partial charge on any atom is -0.329 e. The van der Waals surface area contributed by atoms with E-state index in [-0.39, 0.29) is 0 Å². The molecule has 2 rings (SSSR count). The fourth-order valence-electron chi connectivity index (χ4n) is 3.44. The van der Waals surface area contributed by atoms with Crippen LogP contribution >= 0.6 is 11.8 Å². The lowest BCUT2D eigenvalue weighted by Crippen LogP contribution is -2.53. The lowest BCUT2D eigenvalue weighted by atomic mass is 9.60. The second-order valence-corrected chi connectivity index (χ2v) is 7.64. The first-order chi connectivity index (χ1) is 7.10. The minimum absolute atomic E-state index is 0.467. The van der Waals surface area contributed by atoms with Crippen molar-refractivity contribution in [1.82, 2.24) is 0 Å². The third-order valence-corrected chi connectivity index (χ3v) is 6.05. The molecule has 0 amide bonds. The Labute approximate surface area is 98.6 Å². The highest BCUT2D eigenvalue weighted by Gasteiger charge is 2.54. The van der Waals surface area contributed by atoms with E-state index in [1.54, 1.807) is 0 Å². The first kappa shape index (κ1) is 11.8. The predicted molar refractivity (Wildman–Crippen MR) is 69.2 cm³/mol. The molecule has 0 radical (unpaired) electrons. The summed E-state index contributed by atoms with van der Waals surface area (Å²) in [5, 5.41) is 0. The third kappa shape index (κ3) is 2.36. The van der Waals surface area contributed by atoms with E-state index in [4.69, 9.17) is 5.73 Å². The molecule has 2 aliphatic rings. The molecule has 2 N–H and O–H groups in total. The summed E-state index contributed by atoms with van der Waals surface area (Å²) in [4.78, 5) is 0. The number of nitrogens with two attached hydrogens (primary N) is 1. The molecule has 2 saturated carbocycles. The van der Waals surface area contributed by atoms with Crippen molar-refractivity contribution in [3.8, 4) is 0 Å². The summed E-state index contributed by atoms with van der Waals surface area (Å²) >= 11 is 2.15. The Morgan fingerprint density at radius 1 is 1.20 bits per heavy atom. The van der Waals surface area contributed by atoms with Crippen molar-refractivity contribution in [3.05, 3.63) is 0 Å². The fraction of sp³-hybridized carbons (Fsp3) is 1.00. The van der Waals surface area contributed by atoms with E-state index in [0.29, 0.717) is 4.75 Å². The predicted octanol–water partition coefficient (Wildman–Crippen LogP) is 3.43. The van der Waals surface area contributed by atoms with Crippen LogP contribution in [-0.2, 0) is 0 Å². The summed E-state index contributed by atoms with van der Waals surface area (Å²) in [5.41, 5.74) is 6.72. The Balaban J connectivity index is 1.85. The molecule has 88 valence electrons. The van der Waals surface area contributed by atoms with Crippen molar-refractivity contribution in [2.24, 2.45) is 17.1 Å². The standard InChI is InChI=1S/C13H25NS/c1-11(2)7-15-13(10-14)8-12(9-13)5-3-4-6-12/h11H,3-10,14H2,1-2H3. The van der Waals surface area contributed by atoms with Crippen molar-refractivity contribution < 1.29 is 0 Å². The number of hydrogen-bond acceptors (Lipinski definition) is 2. The molecule has 0 unspecified atom stereocenters. The number of hydrogen-bond donors (Lipinski definition) is 1. The van der Waals surface area contributed by atoms with E-state index in [0.717, 1.165) is 17.9 Å². The molecule has 1 nitrogen and oxygen atoms in total. The minimum atomic E-state index is 0.467. The van der Waals surface area contributed by atoms with Gasteiger partial charge in [-0.05, 0) is 42.8 Å². The Morgan fingerprint density at radius 3 is 2.27 bits per heavy atom. The highest BCUT2D eigenvalue weighted by atomic mass is 32.2. The van der Waals surface area contributed by atoms with Crippen LogP contribution in [0.3, 0.4) is 0 Å². The summed E-state index contributed by atoms with van der Waals surface area (Å²) in [6, 6.07) is 0. The van der Waals surface area contributed by atoms with Crippen LogP contribution in [0.4, 0.5) is 0 Å². The average molecular weight is 227 g/mol. The van der Waals surface area contributed by atoms with Gasteiger partial charge in [0.2, 0.25) is 0 Å². The summed E-state index contributed by atoms with van der Waals surface area (Å²) in [5.74, 6) is 2.09. The van der Waals surface area contributed by atoms with Gasteiger partial charge in [0, 0.05) is 11.3 Å². The quantitative estimate of drug-likeness (QED) is 0.796. The molecule has 2 heteroatoms. The SMILES string of the molecule is CC(C)CSC1(CN)CC2(CCCC2)C1. The smallest absolute Gasteiger partial charge is 0.0292 e. The monoisotopic (exact) mass is 227 g/mol.